The first-order valence-corrected chi connectivity index (χ1v) is 6.64. The van der Waals surface area contributed by atoms with E-state index in [9.17, 15) is 0 Å². The second kappa shape index (κ2) is 5.08. The highest BCUT2D eigenvalue weighted by Crippen LogP contribution is 2.28. The van der Waals surface area contributed by atoms with Crippen LogP contribution in [0.5, 0.6) is 0 Å². The van der Waals surface area contributed by atoms with Crippen molar-refractivity contribution >= 4 is 11.0 Å². The smallest absolute Gasteiger partial charge is 0.111 e. The van der Waals surface area contributed by atoms with Crippen LogP contribution in [0.15, 0.2) is 24.3 Å². The molecule has 0 aliphatic carbocycles. The average molecular weight is 245 g/mol. The molecule has 1 aromatic carbocycles. The highest BCUT2D eigenvalue weighted by atomic mass is 16.5. The number of hydrogen-bond acceptors (Lipinski definition) is 3. The van der Waals surface area contributed by atoms with Crippen LogP contribution in [0.3, 0.4) is 0 Å². The van der Waals surface area contributed by atoms with E-state index in [0.717, 1.165) is 43.8 Å². The molecule has 0 atom stereocenters. The zero-order chi connectivity index (χ0) is 12.4. The van der Waals surface area contributed by atoms with Crippen molar-refractivity contribution in [2.24, 2.45) is 5.73 Å². The number of para-hydroxylation sites is 2. The third-order valence-electron chi connectivity index (χ3n) is 3.59. The highest BCUT2D eigenvalue weighted by Gasteiger charge is 2.20. The Bertz CT molecular complexity index is 529. The quantitative estimate of drug-likeness (QED) is 0.898. The summed E-state index contributed by atoms with van der Waals surface area (Å²) in [5.41, 5.74) is 8.01. The largest absolute Gasteiger partial charge is 0.381 e. The molecule has 18 heavy (non-hydrogen) atoms. The molecule has 1 aliphatic heterocycles. The lowest BCUT2D eigenvalue weighted by atomic mass is 10.1. The molecule has 2 heterocycles. The van der Waals surface area contributed by atoms with Gasteiger partial charge < -0.3 is 15.0 Å². The molecule has 1 fully saturated rings. The molecule has 0 radical (unpaired) electrons. The monoisotopic (exact) mass is 245 g/mol. The fourth-order valence-corrected chi connectivity index (χ4v) is 2.75. The minimum absolute atomic E-state index is 0.507. The van der Waals surface area contributed by atoms with E-state index in [2.05, 4.69) is 22.8 Å². The molecule has 2 N–H and O–H groups in total. The summed E-state index contributed by atoms with van der Waals surface area (Å²) in [4.78, 5) is 4.72. The van der Waals surface area contributed by atoms with Crippen LogP contribution in [0.25, 0.3) is 11.0 Å². The van der Waals surface area contributed by atoms with E-state index in [4.69, 9.17) is 15.5 Å². The van der Waals surface area contributed by atoms with Crippen molar-refractivity contribution in [3.05, 3.63) is 30.1 Å². The Morgan fingerprint density at radius 3 is 2.83 bits per heavy atom. The minimum atomic E-state index is 0.507. The average Bonchev–Trinajstić information content (AvgIpc) is 2.78. The molecule has 1 aliphatic rings. The number of nitrogens with two attached hydrogens (primary N) is 1. The van der Waals surface area contributed by atoms with Gasteiger partial charge in [-0.2, -0.15) is 0 Å². The molecule has 96 valence electrons. The Hall–Kier alpha value is -1.39. The van der Waals surface area contributed by atoms with Gasteiger partial charge in [0.05, 0.1) is 11.0 Å². The van der Waals surface area contributed by atoms with Crippen LogP contribution in [-0.4, -0.2) is 29.3 Å². The molecular formula is C14H19N3O. The summed E-state index contributed by atoms with van der Waals surface area (Å²) in [5.74, 6) is 1.12. The lowest BCUT2D eigenvalue weighted by Crippen LogP contribution is -2.22. The molecular weight excluding hydrogens is 226 g/mol. The molecule has 0 amide bonds. The van der Waals surface area contributed by atoms with Crippen LogP contribution in [0.4, 0.5) is 0 Å². The van der Waals surface area contributed by atoms with Gasteiger partial charge in [-0.3, -0.25) is 0 Å². The predicted molar refractivity (Wildman–Crippen MR) is 71.6 cm³/mol. The van der Waals surface area contributed by atoms with Gasteiger partial charge in [-0.15, -0.1) is 0 Å². The van der Waals surface area contributed by atoms with Gasteiger partial charge in [-0.25, -0.2) is 4.98 Å². The van der Waals surface area contributed by atoms with Crippen LogP contribution in [0.2, 0.25) is 0 Å². The molecule has 3 rings (SSSR count). The summed E-state index contributed by atoms with van der Waals surface area (Å²) in [5, 5.41) is 0. The molecule has 0 spiro atoms. The summed E-state index contributed by atoms with van der Waals surface area (Å²) in [6.45, 7) is 2.34. The zero-order valence-corrected chi connectivity index (χ0v) is 10.5. The molecule has 1 aromatic heterocycles. The summed E-state index contributed by atoms with van der Waals surface area (Å²) < 4.78 is 7.83. The van der Waals surface area contributed by atoms with Crippen molar-refractivity contribution in [3.8, 4) is 0 Å². The van der Waals surface area contributed by atoms with E-state index in [1.165, 1.54) is 5.52 Å². The highest BCUT2D eigenvalue weighted by molar-refractivity contribution is 5.76. The van der Waals surface area contributed by atoms with E-state index in [0.29, 0.717) is 12.6 Å². The molecule has 0 saturated carbocycles. The normalized spacial score (nSPS) is 17.4. The van der Waals surface area contributed by atoms with Crippen molar-refractivity contribution in [2.45, 2.75) is 25.3 Å². The van der Waals surface area contributed by atoms with Crippen LogP contribution in [0.1, 0.15) is 24.7 Å². The van der Waals surface area contributed by atoms with Gasteiger partial charge in [0, 0.05) is 25.7 Å². The second-order valence-electron chi connectivity index (χ2n) is 4.77. The van der Waals surface area contributed by atoms with Gasteiger partial charge in [-0.1, -0.05) is 12.1 Å². The van der Waals surface area contributed by atoms with Crippen molar-refractivity contribution in [1.82, 2.24) is 9.55 Å². The Labute approximate surface area is 107 Å². The van der Waals surface area contributed by atoms with Crippen molar-refractivity contribution < 1.29 is 4.74 Å². The molecule has 1 saturated heterocycles. The summed E-state index contributed by atoms with van der Waals surface area (Å²) in [6.07, 6.45) is 2.97. The fraction of sp³-hybridized carbons (Fsp3) is 0.500. The lowest BCUT2D eigenvalue weighted by molar-refractivity contribution is 0.0699. The Balaban J connectivity index is 2.07. The number of imidazole rings is 1. The molecule has 2 aromatic rings. The maximum Gasteiger partial charge on any atom is 0.111 e. The molecule has 0 unspecified atom stereocenters. The van der Waals surface area contributed by atoms with Crippen molar-refractivity contribution in [3.63, 3.8) is 0 Å². The van der Waals surface area contributed by atoms with E-state index in [1.54, 1.807) is 0 Å². The Morgan fingerprint density at radius 1 is 1.28 bits per heavy atom. The van der Waals surface area contributed by atoms with Gasteiger partial charge >= 0.3 is 0 Å². The van der Waals surface area contributed by atoms with E-state index < -0.39 is 0 Å². The van der Waals surface area contributed by atoms with E-state index in [-0.39, 0.29) is 0 Å². The summed E-state index contributed by atoms with van der Waals surface area (Å²) in [6, 6.07) is 8.85. The van der Waals surface area contributed by atoms with Crippen LogP contribution < -0.4 is 5.73 Å². The summed E-state index contributed by atoms with van der Waals surface area (Å²) in [7, 11) is 0. The topological polar surface area (TPSA) is 53.1 Å². The first-order valence-electron chi connectivity index (χ1n) is 6.64. The third kappa shape index (κ3) is 2.02. The number of fused-ring (bicyclic) bond motifs is 1. The van der Waals surface area contributed by atoms with Gasteiger partial charge in [0.2, 0.25) is 0 Å². The van der Waals surface area contributed by atoms with Gasteiger partial charge in [0.25, 0.3) is 0 Å². The maximum atomic E-state index is 5.70. The molecule has 4 nitrogen and oxygen atoms in total. The number of hydrogen-bond donors (Lipinski definition) is 1. The SMILES string of the molecule is NCCc1nc2ccccc2n1C1CCOCC1. The van der Waals surface area contributed by atoms with Gasteiger partial charge in [0.1, 0.15) is 5.82 Å². The number of nitrogens with zero attached hydrogens (tertiary/aromatic N) is 2. The fourth-order valence-electron chi connectivity index (χ4n) is 2.75. The first kappa shape index (κ1) is 11.7. The van der Waals surface area contributed by atoms with Gasteiger partial charge in [0.15, 0.2) is 0 Å². The Kier molecular flexibility index (Phi) is 3.30. The van der Waals surface area contributed by atoms with Gasteiger partial charge in [-0.05, 0) is 31.5 Å². The van der Waals surface area contributed by atoms with E-state index in [1.807, 2.05) is 6.07 Å². The maximum absolute atomic E-state index is 5.70. The van der Waals surface area contributed by atoms with Crippen LogP contribution in [0, 0.1) is 0 Å². The number of rotatable bonds is 3. The number of benzene rings is 1. The minimum Gasteiger partial charge on any atom is -0.381 e. The first-order chi connectivity index (χ1) is 8.90. The third-order valence-corrected chi connectivity index (χ3v) is 3.59. The molecule has 0 bridgehead atoms. The van der Waals surface area contributed by atoms with Crippen molar-refractivity contribution in [2.75, 3.05) is 19.8 Å². The number of aromatic nitrogens is 2. The Morgan fingerprint density at radius 2 is 2.06 bits per heavy atom. The molecule has 4 heteroatoms. The van der Waals surface area contributed by atoms with Crippen LogP contribution >= 0.6 is 0 Å². The van der Waals surface area contributed by atoms with Crippen molar-refractivity contribution in [1.29, 1.82) is 0 Å². The number of ether oxygens (including phenoxy) is 1. The van der Waals surface area contributed by atoms with E-state index >= 15 is 0 Å². The predicted octanol–water partition coefficient (Wildman–Crippen LogP) is 1.89. The lowest BCUT2D eigenvalue weighted by Gasteiger charge is -2.25. The van der Waals surface area contributed by atoms with Crippen LogP contribution in [-0.2, 0) is 11.2 Å². The second-order valence-corrected chi connectivity index (χ2v) is 4.77. The zero-order valence-electron chi connectivity index (χ0n) is 10.5. The summed E-state index contributed by atoms with van der Waals surface area (Å²) >= 11 is 0. The standard InChI is InChI=1S/C14H19N3O/c15-8-5-14-16-12-3-1-2-4-13(12)17(14)11-6-9-18-10-7-11/h1-4,11H,5-10,15H2.